The molecule has 1 unspecified atom stereocenters. The van der Waals surface area contributed by atoms with Crippen LogP contribution in [0.25, 0.3) is 0 Å². The van der Waals surface area contributed by atoms with Gasteiger partial charge in [0.1, 0.15) is 0 Å². The molecular weight excluding hydrogens is 222 g/mol. The lowest BCUT2D eigenvalue weighted by molar-refractivity contribution is 0.217. The number of hydrogen-bond acceptors (Lipinski definition) is 3. The predicted octanol–water partition coefficient (Wildman–Crippen LogP) is 2.09. The van der Waals surface area contributed by atoms with Crippen molar-refractivity contribution in [1.29, 1.82) is 0 Å². The molecule has 3 nitrogen and oxygen atoms in total. The fraction of sp³-hybridized carbons (Fsp3) is 0.667. The Morgan fingerprint density at radius 1 is 1.50 bits per heavy atom. The van der Waals surface area contributed by atoms with Gasteiger partial charge in [0, 0.05) is 31.0 Å². The minimum Gasteiger partial charge on any atom is -0.310 e. The van der Waals surface area contributed by atoms with Gasteiger partial charge >= 0.3 is 0 Å². The highest BCUT2D eigenvalue weighted by Crippen LogP contribution is 2.15. The van der Waals surface area contributed by atoms with Gasteiger partial charge < -0.3 is 10.2 Å². The van der Waals surface area contributed by atoms with Crippen LogP contribution >= 0.6 is 0 Å². The minimum absolute atomic E-state index is 0.283. The molecule has 1 aromatic rings. The quantitative estimate of drug-likeness (QED) is 0.883. The SMILES string of the molecule is CCC1(C)CN(CCc2cccnc2)CCCN1. The van der Waals surface area contributed by atoms with Crippen molar-refractivity contribution in [1.82, 2.24) is 15.2 Å². The highest BCUT2D eigenvalue weighted by atomic mass is 15.2. The number of hydrogen-bond donors (Lipinski definition) is 1. The van der Waals surface area contributed by atoms with Crippen LogP contribution in [0.1, 0.15) is 32.3 Å². The van der Waals surface area contributed by atoms with Crippen molar-refractivity contribution in [2.75, 3.05) is 26.2 Å². The van der Waals surface area contributed by atoms with Gasteiger partial charge in [-0.25, -0.2) is 0 Å². The van der Waals surface area contributed by atoms with Crippen LogP contribution in [0.4, 0.5) is 0 Å². The summed E-state index contributed by atoms with van der Waals surface area (Å²) in [5.74, 6) is 0. The maximum atomic E-state index is 4.18. The highest BCUT2D eigenvalue weighted by Gasteiger charge is 2.26. The summed E-state index contributed by atoms with van der Waals surface area (Å²) in [5.41, 5.74) is 1.62. The second-order valence-corrected chi connectivity index (χ2v) is 5.58. The van der Waals surface area contributed by atoms with E-state index in [1.54, 1.807) is 0 Å². The van der Waals surface area contributed by atoms with E-state index in [1.165, 1.54) is 24.9 Å². The molecule has 0 aliphatic carbocycles. The zero-order chi connectivity index (χ0) is 12.8. The number of pyridine rings is 1. The first kappa shape index (κ1) is 13.5. The normalized spacial score (nSPS) is 25.9. The van der Waals surface area contributed by atoms with Crippen molar-refractivity contribution >= 4 is 0 Å². The highest BCUT2D eigenvalue weighted by molar-refractivity contribution is 5.08. The third-order valence-corrected chi connectivity index (χ3v) is 4.00. The zero-order valence-corrected chi connectivity index (χ0v) is 11.7. The monoisotopic (exact) mass is 247 g/mol. The standard InChI is InChI=1S/C15H25N3/c1-3-15(2)13-18(10-5-9-17-15)11-7-14-6-4-8-16-12-14/h4,6,8,12,17H,3,5,7,9-11,13H2,1-2H3. The zero-order valence-electron chi connectivity index (χ0n) is 11.7. The predicted molar refractivity (Wildman–Crippen MR) is 75.7 cm³/mol. The summed E-state index contributed by atoms with van der Waals surface area (Å²) in [7, 11) is 0. The average Bonchev–Trinajstić information content (AvgIpc) is 2.60. The van der Waals surface area contributed by atoms with E-state index in [0.29, 0.717) is 0 Å². The molecular formula is C15H25N3. The molecule has 1 aromatic heterocycles. The van der Waals surface area contributed by atoms with Crippen LogP contribution in [0, 0.1) is 0 Å². The van der Waals surface area contributed by atoms with Crippen molar-refractivity contribution < 1.29 is 0 Å². The fourth-order valence-corrected chi connectivity index (χ4v) is 2.58. The third-order valence-electron chi connectivity index (χ3n) is 4.00. The van der Waals surface area contributed by atoms with Crippen molar-refractivity contribution in [3.8, 4) is 0 Å². The Balaban J connectivity index is 1.88. The average molecular weight is 247 g/mol. The fourth-order valence-electron chi connectivity index (χ4n) is 2.58. The summed E-state index contributed by atoms with van der Waals surface area (Å²) in [5, 5.41) is 3.68. The van der Waals surface area contributed by atoms with Crippen LogP contribution in [-0.4, -0.2) is 41.6 Å². The van der Waals surface area contributed by atoms with Crippen molar-refractivity contribution in [3.05, 3.63) is 30.1 Å². The smallest absolute Gasteiger partial charge is 0.0300 e. The largest absolute Gasteiger partial charge is 0.310 e. The van der Waals surface area contributed by atoms with E-state index in [-0.39, 0.29) is 5.54 Å². The van der Waals surface area contributed by atoms with Gasteiger partial charge in [-0.1, -0.05) is 13.0 Å². The Morgan fingerprint density at radius 2 is 2.39 bits per heavy atom. The molecule has 1 saturated heterocycles. The van der Waals surface area contributed by atoms with Gasteiger partial charge in [0.2, 0.25) is 0 Å². The van der Waals surface area contributed by atoms with Crippen LogP contribution in [0.15, 0.2) is 24.5 Å². The second-order valence-electron chi connectivity index (χ2n) is 5.58. The molecule has 100 valence electrons. The summed E-state index contributed by atoms with van der Waals surface area (Å²) in [6.45, 7) is 9.27. The summed E-state index contributed by atoms with van der Waals surface area (Å²) >= 11 is 0. The van der Waals surface area contributed by atoms with Gasteiger partial charge in [-0.2, -0.15) is 0 Å². The van der Waals surface area contributed by atoms with E-state index in [2.05, 4.69) is 35.1 Å². The molecule has 0 bridgehead atoms. The minimum atomic E-state index is 0.283. The van der Waals surface area contributed by atoms with Gasteiger partial charge in [-0.05, 0) is 50.9 Å². The maximum Gasteiger partial charge on any atom is 0.0300 e. The molecule has 1 atom stereocenters. The lowest BCUT2D eigenvalue weighted by Crippen LogP contribution is -2.48. The summed E-state index contributed by atoms with van der Waals surface area (Å²) in [6.07, 6.45) is 7.37. The third kappa shape index (κ3) is 3.79. The molecule has 1 fully saturated rings. The molecule has 3 heteroatoms. The Labute approximate surface area is 111 Å². The molecule has 18 heavy (non-hydrogen) atoms. The van der Waals surface area contributed by atoms with E-state index >= 15 is 0 Å². The molecule has 0 radical (unpaired) electrons. The molecule has 1 aliphatic rings. The lowest BCUT2D eigenvalue weighted by atomic mass is 9.98. The van der Waals surface area contributed by atoms with Crippen LogP contribution in [0.2, 0.25) is 0 Å². The molecule has 0 amide bonds. The Bertz CT molecular complexity index is 352. The molecule has 1 aliphatic heterocycles. The van der Waals surface area contributed by atoms with Gasteiger partial charge in [0.15, 0.2) is 0 Å². The van der Waals surface area contributed by atoms with Gasteiger partial charge in [-0.15, -0.1) is 0 Å². The van der Waals surface area contributed by atoms with E-state index in [1.807, 2.05) is 18.5 Å². The van der Waals surface area contributed by atoms with Crippen molar-refractivity contribution in [3.63, 3.8) is 0 Å². The Morgan fingerprint density at radius 3 is 3.11 bits per heavy atom. The number of nitrogens with one attached hydrogen (secondary N) is 1. The number of aromatic nitrogens is 1. The van der Waals surface area contributed by atoms with Gasteiger partial charge in [0.25, 0.3) is 0 Å². The molecule has 0 spiro atoms. The van der Waals surface area contributed by atoms with Crippen LogP contribution in [-0.2, 0) is 6.42 Å². The second kappa shape index (κ2) is 6.30. The summed E-state index contributed by atoms with van der Waals surface area (Å²) in [6, 6.07) is 4.19. The van der Waals surface area contributed by atoms with Crippen LogP contribution in [0.3, 0.4) is 0 Å². The molecule has 2 rings (SSSR count). The van der Waals surface area contributed by atoms with E-state index in [0.717, 1.165) is 26.1 Å². The Kier molecular flexibility index (Phi) is 4.72. The molecule has 2 heterocycles. The lowest BCUT2D eigenvalue weighted by Gasteiger charge is -2.32. The van der Waals surface area contributed by atoms with Crippen molar-refractivity contribution in [2.45, 2.75) is 38.6 Å². The first-order valence-corrected chi connectivity index (χ1v) is 7.08. The van der Waals surface area contributed by atoms with Crippen molar-refractivity contribution in [2.24, 2.45) is 0 Å². The number of rotatable bonds is 4. The first-order valence-electron chi connectivity index (χ1n) is 7.08. The van der Waals surface area contributed by atoms with Crippen LogP contribution < -0.4 is 5.32 Å². The van der Waals surface area contributed by atoms with Gasteiger partial charge in [0.05, 0.1) is 0 Å². The summed E-state index contributed by atoms with van der Waals surface area (Å²) < 4.78 is 0. The van der Waals surface area contributed by atoms with Gasteiger partial charge in [-0.3, -0.25) is 4.98 Å². The molecule has 0 aromatic carbocycles. The first-order chi connectivity index (χ1) is 8.72. The van der Waals surface area contributed by atoms with E-state index in [9.17, 15) is 0 Å². The van der Waals surface area contributed by atoms with Crippen LogP contribution in [0.5, 0.6) is 0 Å². The van der Waals surface area contributed by atoms with E-state index < -0.39 is 0 Å². The maximum absolute atomic E-state index is 4.18. The molecule has 0 saturated carbocycles. The topological polar surface area (TPSA) is 28.2 Å². The molecule has 1 N–H and O–H groups in total. The van der Waals surface area contributed by atoms with E-state index in [4.69, 9.17) is 0 Å². The Hall–Kier alpha value is -0.930. The number of nitrogens with zero attached hydrogens (tertiary/aromatic N) is 2. The summed E-state index contributed by atoms with van der Waals surface area (Å²) in [4.78, 5) is 6.77.